The van der Waals surface area contributed by atoms with Gasteiger partial charge in [-0.2, -0.15) is 0 Å². The number of aromatic nitrogens is 2. The zero-order valence-electron chi connectivity index (χ0n) is 14.6. The second kappa shape index (κ2) is 7.40. The van der Waals surface area contributed by atoms with Crippen molar-refractivity contribution in [2.24, 2.45) is 0 Å². The number of aryl methyl sites for hydroxylation is 3. The number of carbonyl (C=O) groups excluding carboxylic acids is 1. The molecule has 2 aromatic heterocycles. The van der Waals surface area contributed by atoms with Crippen LogP contribution in [0.25, 0.3) is 0 Å². The highest BCUT2D eigenvalue weighted by Gasteiger charge is 2.22. The number of rotatable bonds is 4. The Labute approximate surface area is 147 Å². The monoisotopic (exact) mass is 344 g/mol. The van der Waals surface area contributed by atoms with Crippen molar-refractivity contribution < 1.29 is 4.79 Å². The Hall–Kier alpha value is -1.79. The molecule has 0 radical (unpaired) electrons. The molecule has 1 aliphatic heterocycles. The molecule has 1 fully saturated rings. The van der Waals surface area contributed by atoms with Crippen molar-refractivity contribution in [2.45, 2.75) is 33.7 Å². The van der Waals surface area contributed by atoms with E-state index in [1.807, 2.05) is 31.0 Å². The van der Waals surface area contributed by atoms with Crippen LogP contribution < -0.4 is 0 Å². The maximum Gasteiger partial charge on any atom is 0.227 e. The molecule has 0 bridgehead atoms. The molecule has 0 N–H and O–H groups in total. The van der Waals surface area contributed by atoms with Gasteiger partial charge in [-0.05, 0) is 32.4 Å². The zero-order valence-corrected chi connectivity index (χ0v) is 15.4. The van der Waals surface area contributed by atoms with Crippen molar-refractivity contribution in [1.82, 2.24) is 19.8 Å². The molecule has 0 saturated carbocycles. The van der Waals surface area contributed by atoms with Gasteiger partial charge in [0.05, 0.1) is 22.8 Å². The van der Waals surface area contributed by atoms with E-state index >= 15 is 0 Å². The minimum absolute atomic E-state index is 0.218. The number of hydrogen-bond donors (Lipinski definition) is 0. The fourth-order valence-corrected chi connectivity index (χ4v) is 3.97. The molecule has 1 saturated heterocycles. The lowest BCUT2D eigenvalue weighted by molar-refractivity contribution is -0.132. The van der Waals surface area contributed by atoms with Gasteiger partial charge >= 0.3 is 0 Å². The van der Waals surface area contributed by atoms with E-state index in [1.165, 1.54) is 5.56 Å². The van der Waals surface area contributed by atoms with E-state index in [1.54, 1.807) is 11.3 Å². The first-order valence-corrected chi connectivity index (χ1v) is 9.18. The zero-order chi connectivity index (χ0) is 17.1. The average molecular weight is 344 g/mol. The van der Waals surface area contributed by atoms with Crippen molar-refractivity contribution in [2.75, 3.05) is 26.2 Å². The third kappa shape index (κ3) is 3.99. The van der Waals surface area contributed by atoms with Crippen LogP contribution in [-0.4, -0.2) is 51.9 Å². The van der Waals surface area contributed by atoms with E-state index in [-0.39, 0.29) is 5.91 Å². The molecule has 3 heterocycles. The first-order chi connectivity index (χ1) is 11.5. The topological polar surface area (TPSA) is 49.3 Å². The first-order valence-electron chi connectivity index (χ1n) is 8.36. The molecule has 0 aromatic carbocycles. The molecule has 0 spiro atoms. The Bertz CT molecular complexity index is 720. The number of carbonyl (C=O) groups is 1. The maximum absolute atomic E-state index is 12.5. The molecular weight excluding hydrogens is 320 g/mol. The Morgan fingerprint density at radius 1 is 1.21 bits per heavy atom. The van der Waals surface area contributed by atoms with E-state index in [4.69, 9.17) is 0 Å². The van der Waals surface area contributed by atoms with Crippen molar-refractivity contribution in [3.05, 3.63) is 45.2 Å². The van der Waals surface area contributed by atoms with Crippen LogP contribution in [-0.2, 0) is 17.8 Å². The van der Waals surface area contributed by atoms with Gasteiger partial charge in [-0.3, -0.25) is 14.7 Å². The number of amides is 1. The average Bonchev–Trinajstić information content (AvgIpc) is 2.88. The number of pyridine rings is 1. The molecule has 5 nitrogen and oxygen atoms in total. The Balaban J connectivity index is 1.52. The summed E-state index contributed by atoms with van der Waals surface area (Å²) in [4.78, 5) is 26.9. The van der Waals surface area contributed by atoms with Crippen LogP contribution in [0.4, 0.5) is 0 Å². The van der Waals surface area contributed by atoms with Crippen molar-refractivity contribution in [3.63, 3.8) is 0 Å². The largest absolute Gasteiger partial charge is 0.340 e. The first kappa shape index (κ1) is 17.0. The molecule has 1 aliphatic rings. The van der Waals surface area contributed by atoms with Crippen molar-refractivity contribution in [3.8, 4) is 0 Å². The quantitative estimate of drug-likeness (QED) is 0.854. The Morgan fingerprint density at radius 2 is 1.96 bits per heavy atom. The van der Waals surface area contributed by atoms with Gasteiger partial charge in [0.25, 0.3) is 0 Å². The highest BCUT2D eigenvalue weighted by molar-refractivity contribution is 7.11. The molecule has 2 aromatic rings. The van der Waals surface area contributed by atoms with E-state index < -0.39 is 0 Å². The van der Waals surface area contributed by atoms with Gasteiger partial charge in [0.15, 0.2) is 0 Å². The Morgan fingerprint density at radius 3 is 2.58 bits per heavy atom. The summed E-state index contributed by atoms with van der Waals surface area (Å²) < 4.78 is 0. The molecular formula is C18H24N4OS. The van der Waals surface area contributed by atoms with Gasteiger partial charge in [0.2, 0.25) is 5.91 Å². The minimum atomic E-state index is 0.218. The number of thiazole rings is 1. The van der Waals surface area contributed by atoms with Crippen LogP contribution >= 0.6 is 11.3 Å². The maximum atomic E-state index is 12.5. The predicted molar refractivity (Wildman–Crippen MR) is 96.1 cm³/mol. The highest BCUT2D eigenvalue weighted by Crippen LogP contribution is 2.19. The van der Waals surface area contributed by atoms with Gasteiger partial charge in [0.1, 0.15) is 0 Å². The molecule has 24 heavy (non-hydrogen) atoms. The van der Waals surface area contributed by atoms with Crippen LogP contribution in [0.1, 0.15) is 26.8 Å². The third-order valence-corrected chi connectivity index (χ3v) is 5.60. The second-order valence-electron chi connectivity index (χ2n) is 6.34. The fourth-order valence-electron chi connectivity index (χ4n) is 3.04. The lowest BCUT2D eigenvalue weighted by Crippen LogP contribution is -2.48. The van der Waals surface area contributed by atoms with E-state index in [9.17, 15) is 4.79 Å². The standard InChI is InChI=1S/C18H24N4OS/c1-13-5-4-6-19-16(13)12-21-7-9-22(10-8-21)18(23)11-17-14(2)20-15(3)24-17/h4-6H,7-12H2,1-3H3. The van der Waals surface area contributed by atoms with Gasteiger partial charge in [0, 0.05) is 43.8 Å². The van der Waals surface area contributed by atoms with E-state index in [0.717, 1.165) is 54.0 Å². The minimum Gasteiger partial charge on any atom is -0.340 e. The van der Waals surface area contributed by atoms with Crippen molar-refractivity contribution >= 4 is 17.2 Å². The smallest absolute Gasteiger partial charge is 0.227 e. The fraction of sp³-hybridized carbons (Fsp3) is 0.500. The summed E-state index contributed by atoms with van der Waals surface area (Å²) in [6, 6.07) is 4.07. The van der Waals surface area contributed by atoms with Crippen LogP contribution in [0, 0.1) is 20.8 Å². The number of hydrogen-bond acceptors (Lipinski definition) is 5. The molecule has 0 aliphatic carbocycles. The van der Waals surface area contributed by atoms with E-state index in [2.05, 4.69) is 27.9 Å². The normalized spacial score (nSPS) is 15.7. The van der Waals surface area contributed by atoms with Gasteiger partial charge in [-0.15, -0.1) is 11.3 Å². The summed E-state index contributed by atoms with van der Waals surface area (Å²) in [5.41, 5.74) is 3.36. The number of nitrogens with zero attached hydrogens (tertiary/aromatic N) is 4. The van der Waals surface area contributed by atoms with E-state index in [0.29, 0.717) is 6.42 Å². The van der Waals surface area contributed by atoms with Gasteiger partial charge in [-0.1, -0.05) is 6.07 Å². The highest BCUT2D eigenvalue weighted by atomic mass is 32.1. The Kier molecular flexibility index (Phi) is 5.26. The summed E-state index contributed by atoms with van der Waals surface area (Å²) in [5, 5.41) is 1.03. The summed E-state index contributed by atoms with van der Waals surface area (Å²) in [7, 11) is 0. The molecule has 6 heteroatoms. The molecule has 0 atom stereocenters. The third-order valence-electron chi connectivity index (χ3n) is 4.53. The molecule has 1 amide bonds. The van der Waals surface area contributed by atoms with Crippen molar-refractivity contribution in [1.29, 1.82) is 0 Å². The van der Waals surface area contributed by atoms with Crippen LogP contribution in [0.3, 0.4) is 0 Å². The van der Waals surface area contributed by atoms with Crippen LogP contribution in [0.2, 0.25) is 0 Å². The lowest BCUT2D eigenvalue weighted by Gasteiger charge is -2.34. The number of piperazine rings is 1. The van der Waals surface area contributed by atoms with Crippen LogP contribution in [0.15, 0.2) is 18.3 Å². The summed E-state index contributed by atoms with van der Waals surface area (Å²) in [6.45, 7) is 10.3. The second-order valence-corrected chi connectivity index (χ2v) is 7.63. The lowest BCUT2D eigenvalue weighted by atomic mass is 10.2. The summed E-state index contributed by atoms with van der Waals surface area (Å²) >= 11 is 1.63. The summed E-state index contributed by atoms with van der Waals surface area (Å²) in [6.07, 6.45) is 2.33. The SMILES string of the molecule is Cc1nc(C)c(CC(=O)N2CCN(Cc3ncccc3C)CC2)s1. The molecule has 0 unspecified atom stereocenters. The van der Waals surface area contributed by atoms with Crippen LogP contribution in [0.5, 0.6) is 0 Å². The molecule has 128 valence electrons. The summed E-state index contributed by atoms with van der Waals surface area (Å²) in [5.74, 6) is 0.218. The van der Waals surface area contributed by atoms with Gasteiger partial charge in [-0.25, -0.2) is 4.98 Å². The van der Waals surface area contributed by atoms with Gasteiger partial charge < -0.3 is 4.90 Å². The molecule has 3 rings (SSSR count). The predicted octanol–water partition coefficient (Wildman–Crippen LogP) is 2.35.